The van der Waals surface area contributed by atoms with Crippen LogP contribution in [-0.4, -0.2) is 15.0 Å². The largest absolute Gasteiger partial charge is 0.347 e. The van der Waals surface area contributed by atoms with Crippen molar-refractivity contribution in [3.63, 3.8) is 0 Å². The van der Waals surface area contributed by atoms with Crippen LogP contribution in [0, 0.1) is 0 Å². The lowest BCUT2D eigenvalue weighted by Gasteiger charge is -2.15. The van der Waals surface area contributed by atoms with Crippen LogP contribution in [0.3, 0.4) is 0 Å². The van der Waals surface area contributed by atoms with Crippen molar-refractivity contribution in [2.45, 2.75) is 13.0 Å². The molecule has 0 amide bonds. The standard InChI is InChI=1S/C21H17ClN4O/c1-13(16-12-15-8-5-9-17(22)19(15)26-20(16)27)24-21-23-11-10-18(25-21)14-6-3-2-4-7-14/h2-13H,1H3,(H,26,27)(H,23,24,25)/t13-/m0/s1. The minimum absolute atomic E-state index is 0.185. The summed E-state index contributed by atoms with van der Waals surface area (Å²) in [6, 6.07) is 18.8. The minimum Gasteiger partial charge on any atom is -0.347 e. The van der Waals surface area contributed by atoms with Crippen molar-refractivity contribution in [2.24, 2.45) is 0 Å². The number of rotatable bonds is 4. The molecule has 0 unspecified atom stereocenters. The third kappa shape index (κ3) is 3.55. The van der Waals surface area contributed by atoms with Gasteiger partial charge in [0, 0.05) is 22.7 Å². The summed E-state index contributed by atoms with van der Waals surface area (Å²) in [6.45, 7) is 1.90. The summed E-state index contributed by atoms with van der Waals surface area (Å²) >= 11 is 6.16. The molecular formula is C21H17ClN4O. The number of nitrogens with one attached hydrogen (secondary N) is 2. The van der Waals surface area contributed by atoms with E-state index in [1.807, 2.05) is 61.5 Å². The molecule has 0 bridgehead atoms. The number of aromatic nitrogens is 3. The molecule has 0 aliphatic rings. The lowest BCUT2D eigenvalue weighted by molar-refractivity contribution is 0.845. The van der Waals surface area contributed by atoms with Crippen LogP contribution in [0.1, 0.15) is 18.5 Å². The van der Waals surface area contributed by atoms with Crippen molar-refractivity contribution in [3.8, 4) is 11.3 Å². The average Bonchev–Trinajstić information content (AvgIpc) is 2.69. The topological polar surface area (TPSA) is 70.7 Å². The summed E-state index contributed by atoms with van der Waals surface area (Å²) in [4.78, 5) is 24.2. The van der Waals surface area contributed by atoms with Gasteiger partial charge in [0.1, 0.15) is 0 Å². The van der Waals surface area contributed by atoms with Gasteiger partial charge in [0.05, 0.1) is 22.3 Å². The van der Waals surface area contributed by atoms with Gasteiger partial charge in [0.25, 0.3) is 5.56 Å². The van der Waals surface area contributed by atoms with Gasteiger partial charge in [0.2, 0.25) is 5.95 Å². The zero-order chi connectivity index (χ0) is 18.8. The highest BCUT2D eigenvalue weighted by Gasteiger charge is 2.13. The Balaban J connectivity index is 1.65. The number of para-hydroxylation sites is 1. The van der Waals surface area contributed by atoms with Gasteiger partial charge in [-0.2, -0.15) is 0 Å². The quantitative estimate of drug-likeness (QED) is 0.536. The Hall–Kier alpha value is -3.18. The predicted octanol–water partition coefficient (Wildman–Crippen LogP) is 4.81. The lowest BCUT2D eigenvalue weighted by Crippen LogP contribution is -2.20. The molecule has 0 aliphatic heterocycles. The molecule has 0 saturated heterocycles. The smallest absolute Gasteiger partial charge is 0.253 e. The monoisotopic (exact) mass is 376 g/mol. The summed E-state index contributed by atoms with van der Waals surface area (Å²) < 4.78 is 0. The second-order valence-electron chi connectivity index (χ2n) is 6.26. The minimum atomic E-state index is -0.275. The molecule has 5 nitrogen and oxygen atoms in total. The highest BCUT2D eigenvalue weighted by atomic mass is 35.5. The Morgan fingerprint density at radius 2 is 1.89 bits per heavy atom. The SMILES string of the molecule is C[C@H](Nc1nccc(-c2ccccc2)n1)c1cc2cccc(Cl)c2[nH]c1=O. The van der Waals surface area contributed by atoms with E-state index in [2.05, 4.69) is 20.3 Å². The predicted molar refractivity (Wildman–Crippen MR) is 109 cm³/mol. The third-order valence-electron chi connectivity index (χ3n) is 4.39. The Kier molecular flexibility index (Phi) is 4.60. The van der Waals surface area contributed by atoms with E-state index in [-0.39, 0.29) is 11.6 Å². The number of fused-ring (bicyclic) bond motifs is 1. The van der Waals surface area contributed by atoms with Crippen LogP contribution < -0.4 is 10.9 Å². The van der Waals surface area contributed by atoms with E-state index in [0.29, 0.717) is 22.1 Å². The van der Waals surface area contributed by atoms with Crippen LogP contribution in [-0.2, 0) is 0 Å². The number of halogens is 1. The van der Waals surface area contributed by atoms with Crippen LogP contribution in [0.2, 0.25) is 5.02 Å². The first kappa shape index (κ1) is 17.2. The van der Waals surface area contributed by atoms with E-state index < -0.39 is 0 Å². The van der Waals surface area contributed by atoms with Crippen molar-refractivity contribution < 1.29 is 0 Å². The van der Waals surface area contributed by atoms with Gasteiger partial charge < -0.3 is 10.3 Å². The molecule has 0 saturated carbocycles. The first-order valence-corrected chi connectivity index (χ1v) is 8.96. The molecular weight excluding hydrogens is 360 g/mol. The van der Waals surface area contributed by atoms with Crippen LogP contribution >= 0.6 is 11.6 Å². The van der Waals surface area contributed by atoms with Crippen molar-refractivity contribution in [3.05, 3.63) is 87.8 Å². The summed E-state index contributed by atoms with van der Waals surface area (Å²) in [7, 11) is 0. The number of pyridine rings is 1. The molecule has 0 spiro atoms. The summed E-state index contributed by atoms with van der Waals surface area (Å²) in [5, 5.41) is 4.62. The lowest BCUT2D eigenvalue weighted by atomic mass is 10.1. The molecule has 0 fully saturated rings. The van der Waals surface area contributed by atoms with E-state index >= 15 is 0 Å². The molecule has 2 aromatic heterocycles. The number of hydrogen-bond donors (Lipinski definition) is 2. The average molecular weight is 377 g/mol. The summed E-state index contributed by atoms with van der Waals surface area (Å²) in [6.07, 6.45) is 1.70. The zero-order valence-electron chi connectivity index (χ0n) is 14.6. The van der Waals surface area contributed by atoms with Crippen LogP contribution in [0.15, 0.2) is 71.7 Å². The second kappa shape index (κ2) is 7.21. The normalized spacial score (nSPS) is 12.1. The number of anilines is 1. The molecule has 2 heterocycles. The van der Waals surface area contributed by atoms with Gasteiger partial charge in [-0.3, -0.25) is 4.79 Å². The second-order valence-corrected chi connectivity index (χ2v) is 6.66. The van der Waals surface area contributed by atoms with Gasteiger partial charge >= 0.3 is 0 Å². The molecule has 2 N–H and O–H groups in total. The molecule has 2 aromatic carbocycles. The Morgan fingerprint density at radius 1 is 1.07 bits per heavy atom. The Bertz CT molecular complexity index is 1160. The molecule has 0 aliphatic carbocycles. The van der Waals surface area contributed by atoms with Gasteiger partial charge in [-0.1, -0.05) is 54.1 Å². The van der Waals surface area contributed by atoms with E-state index in [1.165, 1.54) is 0 Å². The first-order chi connectivity index (χ1) is 13.1. The number of H-pyrrole nitrogens is 1. The van der Waals surface area contributed by atoms with Crippen LogP contribution in [0.5, 0.6) is 0 Å². The molecule has 4 rings (SSSR count). The van der Waals surface area contributed by atoms with Gasteiger partial charge in [-0.25, -0.2) is 9.97 Å². The van der Waals surface area contributed by atoms with E-state index in [1.54, 1.807) is 12.3 Å². The fourth-order valence-electron chi connectivity index (χ4n) is 3.00. The van der Waals surface area contributed by atoms with Crippen LogP contribution in [0.4, 0.5) is 5.95 Å². The fraction of sp³-hybridized carbons (Fsp3) is 0.0952. The molecule has 1 atom stereocenters. The molecule has 27 heavy (non-hydrogen) atoms. The summed E-state index contributed by atoms with van der Waals surface area (Å²) in [5.74, 6) is 0.467. The van der Waals surface area contributed by atoms with E-state index in [0.717, 1.165) is 16.6 Å². The fourth-order valence-corrected chi connectivity index (χ4v) is 3.23. The zero-order valence-corrected chi connectivity index (χ0v) is 15.4. The maximum atomic E-state index is 12.5. The Labute approximate surface area is 161 Å². The van der Waals surface area contributed by atoms with Crippen LogP contribution in [0.25, 0.3) is 22.2 Å². The summed E-state index contributed by atoms with van der Waals surface area (Å²) in [5.41, 5.74) is 2.88. The maximum absolute atomic E-state index is 12.5. The van der Waals surface area contributed by atoms with E-state index in [9.17, 15) is 4.79 Å². The van der Waals surface area contributed by atoms with Gasteiger partial charge in [0.15, 0.2) is 0 Å². The van der Waals surface area contributed by atoms with Gasteiger partial charge in [-0.15, -0.1) is 0 Å². The van der Waals surface area contributed by atoms with Crippen molar-refractivity contribution in [1.29, 1.82) is 0 Å². The van der Waals surface area contributed by atoms with E-state index in [4.69, 9.17) is 11.6 Å². The molecule has 4 aromatic rings. The Morgan fingerprint density at radius 3 is 2.70 bits per heavy atom. The van der Waals surface area contributed by atoms with Gasteiger partial charge in [-0.05, 0) is 25.1 Å². The molecule has 0 radical (unpaired) electrons. The highest BCUT2D eigenvalue weighted by Crippen LogP contribution is 2.23. The highest BCUT2D eigenvalue weighted by molar-refractivity contribution is 6.35. The maximum Gasteiger partial charge on any atom is 0.253 e. The third-order valence-corrected chi connectivity index (χ3v) is 4.71. The number of benzene rings is 2. The van der Waals surface area contributed by atoms with Crippen molar-refractivity contribution in [1.82, 2.24) is 15.0 Å². The van der Waals surface area contributed by atoms with Crippen molar-refractivity contribution >= 4 is 28.5 Å². The first-order valence-electron chi connectivity index (χ1n) is 8.58. The number of nitrogens with zero attached hydrogens (tertiary/aromatic N) is 2. The molecule has 6 heteroatoms. The van der Waals surface area contributed by atoms with Crippen molar-refractivity contribution in [2.75, 3.05) is 5.32 Å². The number of aromatic amines is 1. The molecule has 134 valence electrons. The number of hydrogen-bond acceptors (Lipinski definition) is 4.